The van der Waals surface area contributed by atoms with Gasteiger partial charge in [-0.05, 0) is 0 Å². The molecule has 0 aromatic rings. The molecule has 0 aromatic heterocycles. The van der Waals surface area contributed by atoms with Crippen LogP contribution < -0.4 is 0 Å². The molecule has 4 heavy (non-hydrogen) atoms. The Balaban J connectivity index is 0. The topological polar surface area (TPSA) is 17.1 Å². The average Bonchev–Trinajstić information content (AvgIpc) is 0.918. The van der Waals surface area contributed by atoms with Gasteiger partial charge in [0, 0.05) is 32.7 Å². The predicted molar refractivity (Wildman–Crippen MR) is 1.79 cm³/mol. The van der Waals surface area contributed by atoms with Gasteiger partial charge in [0.05, 0.1) is 0 Å². The van der Waals surface area contributed by atoms with Crippen LogP contribution in [0.4, 0.5) is 1.01 Å². The standard InChI is InChI=1S/FH.Nd.O.Y/h1H;;;/q;+1;;/p-1. The normalized spacial score (nSPS) is 2.25. The minimum absolute atomic E-state index is 0. The van der Waals surface area contributed by atoms with E-state index in [1.165, 1.54) is 0 Å². The van der Waals surface area contributed by atoms with Crippen molar-refractivity contribution in [3.63, 3.8) is 0 Å². The van der Waals surface area contributed by atoms with Crippen molar-refractivity contribution in [3.8, 4) is 0 Å². The molecule has 0 heterocycles. The van der Waals surface area contributed by atoms with Crippen LogP contribution in [0.1, 0.15) is 0 Å². The summed E-state index contributed by atoms with van der Waals surface area (Å²) in [5.41, 5.74) is 0. The molecule has 0 saturated heterocycles. The zero-order valence-electron chi connectivity index (χ0n) is 1.86. The zero-order chi connectivity index (χ0) is 2.71. The molecule has 0 bridgehead atoms. The van der Waals surface area contributed by atoms with E-state index >= 15 is 0 Å². The fourth-order valence-corrected chi connectivity index (χ4v) is 0. The fraction of sp³-hybridized carbons (Fsp3) is 0. The molecule has 0 aromatic carbocycles. The molecule has 0 rings (SSSR count). The Labute approximate surface area is 70.7 Å². The Morgan fingerprint density at radius 2 is 1.75 bits per heavy atom. The van der Waals surface area contributed by atoms with Crippen LogP contribution in [0.5, 0.6) is 0 Å². The maximum atomic E-state index is 9.93. The van der Waals surface area contributed by atoms with Gasteiger partial charge < -0.3 is 0 Å². The Bertz CT molecular complexity index is 15.5. The number of halogens is 1. The number of hydrogen-bond acceptors (Lipinski definition) is 1. The number of hydrogen-bond donors (Lipinski definition) is 0. The average molecular weight is 268 g/mol. The molecule has 0 amide bonds. The minimum atomic E-state index is -2.67. The van der Waals surface area contributed by atoms with Crippen LogP contribution in [0.3, 0.4) is 0 Å². The van der Waals surface area contributed by atoms with E-state index in [0.717, 1.165) is 0 Å². The Kier molecular flexibility index (Phi) is 21.2. The van der Waals surface area contributed by atoms with Crippen LogP contribution >= 0.6 is 0 Å². The quantitative estimate of drug-likeness (QED) is 0.617. The molecule has 0 atom stereocenters. The molecule has 1 radical (unpaired) electrons. The molecule has 4 heteroatoms. The monoisotopic (exact) mass is 266 g/mol. The van der Waals surface area contributed by atoms with E-state index in [2.05, 4.69) is 0 Å². The Morgan fingerprint density at radius 3 is 1.75 bits per heavy atom. The SMILES string of the molecule is [O]=[Nd][F].[Y]. The van der Waals surface area contributed by atoms with Crippen molar-refractivity contribution < 1.29 is 72.4 Å². The molecular formula is FNdOY. The first-order chi connectivity index (χ1) is 1.41. The molecule has 0 unspecified atom stereocenters. The van der Waals surface area contributed by atoms with Crippen LogP contribution in [0, 0.1) is 37.6 Å². The summed E-state index contributed by atoms with van der Waals surface area (Å²) < 4.78 is 18.4. The molecule has 0 aliphatic carbocycles. The smallest absolute Gasteiger partial charge is 0 e. The summed E-state index contributed by atoms with van der Waals surface area (Å²) >= 11 is -2.67. The summed E-state index contributed by atoms with van der Waals surface area (Å²) in [6.07, 6.45) is 0. The van der Waals surface area contributed by atoms with E-state index in [4.69, 9.17) is 1.05 Å². The van der Waals surface area contributed by atoms with Crippen molar-refractivity contribution in [2.45, 2.75) is 0 Å². The maximum Gasteiger partial charge on any atom is 0 e. The van der Waals surface area contributed by atoms with Gasteiger partial charge in [0.15, 0.2) is 0 Å². The summed E-state index contributed by atoms with van der Waals surface area (Å²) in [7, 11) is 0. The van der Waals surface area contributed by atoms with Gasteiger partial charge in [-0.1, -0.05) is 0 Å². The van der Waals surface area contributed by atoms with E-state index in [9.17, 15) is 1.01 Å². The third-order valence-electron chi connectivity index (χ3n) is 0. The molecule has 0 fully saturated rings. The van der Waals surface area contributed by atoms with Crippen LogP contribution in [-0.4, -0.2) is 0 Å². The first kappa shape index (κ1) is 9.49. The molecule has 0 aliphatic rings. The zero-order valence-corrected chi connectivity index (χ0v) is 7.91. The summed E-state index contributed by atoms with van der Waals surface area (Å²) in [6, 6.07) is 0. The summed E-state index contributed by atoms with van der Waals surface area (Å²) in [5.74, 6) is 0. The summed E-state index contributed by atoms with van der Waals surface area (Å²) in [6.45, 7) is 0. The molecule has 0 aliphatic heterocycles. The van der Waals surface area contributed by atoms with Gasteiger partial charge in [-0.25, -0.2) is 0 Å². The second-order valence-corrected chi connectivity index (χ2v) is 0.572. The fourth-order valence-electron chi connectivity index (χ4n) is 0. The van der Waals surface area contributed by atoms with Crippen LogP contribution in [0.15, 0.2) is 0 Å². The minimum Gasteiger partial charge on any atom is 0 e. The largest absolute Gasteiger partial charge is 0 e. The van der Waals surface area contributed by atoms with E-state index in [0.29, 0.717) is 0 Å². The third kappa shape index (κ3) is 8.89. The predicted octanol–water partition coefficient (Wildman–Crippen LogP) is 0.299. The maximum absolute atomic E-state index is 9.93. The second-order valence-electron chi connectivity index (χ2n) is 0.0772. The first-order valence-corrected chi connectivity index (χ1v) is 2.92. The molecule has 20 valence electrons. The van der Waals surface area contributed by atoms with E-state index in [1.807, 2.05) is 0 Å². The van der Waals surface area contributed by atoms with Gasteiger partial charge in [0.2, 0.25) is 0 Å². The Hall–Kier alpha value is 2.18. The van der Waals surface area contributed by atoms with Gasteiger partial charge >= 0.3 is 39.7 Å². The molecule has 0 N–H and O–H groups in total. The molecular weight excluding hydrogens is 268 g/mol. The van der Waals surface area contributed by atoms with Crippen LogP contribution in [0.25, 0.3) is 0 Å². The first-order valence-electron chi connectivity index (χ1n) is 0.393. The van der Waals surface area contributed by atoms with Crippen molar-refractivity contribution >= 4 is 0 Å². The van der Waals surface area contributed by atoms with Crippen LogP contribution in [-0.2, 0) is 33.8 Å². The molecule has 0 spiro atoms. The van der Waals surface area contributed by atoms with Gasteiger partial charge in [-0.2, -0.15) is 0 Å². The molecule has 1 nitrogen and oxygen atoms in total. The van der Waals surface area contributed by atoms with Crippen LogP contribution in [0.2, 0.25) is 0 Å². The summed E-state index contributed by atoms with van der Waals surface area (Å²) in [4.78, 5) is 0. The summed E-state index contributed by atoms with van der Waals surface area (Å²) in [5, 5.41) is 0. The van der Waals surface area contributed by atoms with Crippen molar-refractivity contribution in [2.75, 3.05) is 0 Å². The van der Waals surface area contributed by atoms with Crippen molar-refractivity contribution in [3.05, 3.63) is 0 Å². The van der Waals surface area contributed by atoms with Crippen molar-refractivity contribution in [2.24, 2.45) is 0 Å². The van der Waals surface area contributed by atoms with E-state index < -0.39 is 37.6 Å². The second kappa shape index (κ2) is 8.95. The van der Waals surface area contributed by atoms with Crippen molar-refractivity contribution in [1.82, 2.24) is 0 Å². The van der Waals surface area contributed by atoms with Gasteiger partial charge in [-0.15, -0.1) is 0 Å². The van der Waals surface area contributed by atoms with Crippen molar-refractivity contribution in [1.29, 1.82) is 0 Å². The van der Waals surface area contributed by atoms with E-state index in [1.54, 1.807) is 0 Å². The third-order valence-corrected chi connectivity index (χ3v) is 0. The molecule has 0 saturated carbocycles. The Morgan fingerprint density at radius 1 is 1.75 bits per heavy atom. The van der Waals surface area contributed by atoms with E-state index in [-0.39, 0.29) is 32.7 Å². The van der Waals surface area contributed by atoms with Gasteiger partial charge in [0.25, 0.3) is 0 Å². The van der Waals surface area contributed by atoms with Gasteiger partial charge in [-0.3, -0.25) is 0 Å². The number of rotatable bonds is 0. The van der Waals surface area contributed by atoms with Gasteiger partial charge in [0.1, 0.15) is 0 Å².